The first-order valence-electron chi connectivity index (χ1n) is 4.74. The molecule has 0 aliphatic rings. The first kappa shape index (κ1) is 11.0. The molecule has 0 saturated carbocycles. The number of nitrogen functional groups attached to an aromatic ring is 2. The maximum Gasteiger partial charge on any atom is 0.0449 e. The van der Waals surface area contributed by atoms with Crippen LogP contribution in [-0.4, -0.2) is 5.37 Å². The van der Waals surface area contributed by atoms with Gasteiger partial charge in [-0.2, -0.15) is 0 Å². The van der Waals surface area contributed by atoms with Gasteiger partial charge in [0.25, 0.3) is 0 Å². The van der Waals surface area contributed by atoms with Crippen molar-refractivity contribution in [3.05, 3.63) is 22.8 Å². The fourth-order valence-corrected chi connectivity index (χ4v) is 1.80. The maximum atomic E-state index is 5.97. The molecule has 0 radical (unpaired) electrons. The molecule has 1 rings (SSSR count). The number of aryl methyl sites for hydroxylation is 2. The molecule has 0 heterocycles. The van der Waals surface area contributed by atoms with Gasteiger partial charge in [-0.25, -0.2) is 0 Å². The highest BCUT2D eigenvalue weighted by Crippen LogP contribution is 2.27. The Morgan fingerprint density at radius 3 is 2.50 bits per heavy atom. The van der Waals surface area contributed by atoms with Crippen molar-refractivity contribution in [1.29, 1.82) is 0 Å². The monoisotopic (exact) mass is 208 g/mol. The van der Waals surface area contributed by atoms with Gasteiger partial charge in [-0.3, -0.25) is 0 Å². The van der Waals surface area contributed by atoms with Gasteiger partial charge in [-0.15, -0.1) is 0 Å². The lowest BCUT2D eigenvalue weighted by Crippen LogP contribution is -2.05. The van der Waals surface area contributed by atoms with Crippen molar-refractivity contribution < 1.29 is 0 Å². The van der Waals surface area contributed by atoms with Crippen molar-refractivity contribution in [3.63, 3.8) is 0 Å². The van der Waals surface area contributed by atoms with Gasteiger partial charge < -0.3 is 11.5 Å². The molecule has 0 fully saturated rings. The second kappa shape index (κ2) is 4.42. The van der Waals surface area contributed by atoms with Crippen LogP contribution in [0.1, 0.15) is 30.0 Å². The summed E-state index contributed by atoms with van der Waals surface area (Å²) in [6.45, 7) is 4.11. The minimum absolute atomic E-state index is 0.706. The predicted molar refractivity (Wildman–Crippen MR) is 66.8 cm³/mol. The van der Waals surface area contributed by atoms with Crippen LogP contribution in [0.25, 0.3) is 0 Å². The van der Waals surface area contributed by atoms with Crippen LogP contribution in [0.2, 0.25) is 0 Å². The summed E-state index contributed by atoms with van der Waals surface area (Å²) in [5.74, 6) is 0. The largest absolute Gasteiger partial charge is 0.398 e. The summed E-state index contributed by atoms with van der Waals surface area (Å²) in [4.78, 5) is 0. The van der Waals surface area contributed by atoms with Gasteiger partial charge in [0, 0.05) is 22.3 Å². The summed E-state index contributed by atoms with van der Waals surface area (Å²) < 4.78 is 0. The highest BCUT2D eigenvalue weighted by atomic mass is 32.1. The molecule has 3 heteroatoms. The van der Waals surface area contributed by atoms with Gasteiger partial charge in [-0.05, 0) is 24.5 Å². The van der Waals surface area contributed by atoms with Crippen LogP contribution in [0.5, 0.6) is 0 Å². The maximum absolute atomic E-state index is 5.97. The van der Waals surface area contributed by atoms with Crippen LogP contribution in [0.15, 0.2) is 6.07 Å². The first-order chi connectivity index (χ1) is 6.61. The van der Waals surface area contributed by atoms with Gasteiger partial charge in [0.15, 0.2) is 0 Å². The highest BCUT2D eigenvalue weighted by molar-refractivity contribution is 7.79. The summed E-state index contributed by atoms with van der Waals surface area (Å²) >= 11 is 4.91. The zero-order valence-corrected chi connectivity index (χ0v) is 9.45. The Bertz CT molecular complexity index is 359. The third-order valence-electron chi connectivity index (χ3n) is 2.38. The lowest BCUT2D eigenvalue weighted by Gasteiger charge is -2.12. The van der Waals surface area contributed by atoms with E-state index in [1.54, 1.807) is 5.37 Å². The van der Waals surface area contributed by atoms with Crippen molar-refractivity contribution in [2.24, 2.45) is 0 Å². The molecule has 2 nitrogen and oxygen atoms in total. The fraction of sp³-hybridized carbons (Fsp3) is 0.364. The van der Waals surface area contributed by atoms with Gasteiger partial charge in [0.1, 0.15) is 0 Å². The number of thiocarbonyl (C=S) groups is 1. The van der Waals surface area contributed by atoms with Gasteiger partial charge in [0.2, 0.25) is 0 Å². The van der Waals surface area contributed by atoms with E-state index in [0.717, 1.165) is 35.2 Å². The lowest BCUT2D eigenvalue weighted by molar-refractivity contribution is 0.923. The van der Waals surface area contributed by atoms with Gasteiger partial charge >= 0.3 is 0 Å². The van der Waals surface area contributed by atoms with Crippen molar-refractivity contribution in [1.82, 2.24) is 0 Å². The SMILES string of the molecule is CCCc1cc(C)c(N)c(C=S)c1N. The molecule has 0 saturated heterocycles. The Hall–Kier alpha value is -1.09. The van der Waals surface area contributed by atoms with Crippen molar-refractivity contribution in [2.45, 2.75) is 26.7 Å². The normalized spacial score (nSPS) is 10.1. The number of nitrogens with two attached hydrogens (primary N) is 2. The summed E-state index contributed by atoms with van der Waals surface area (Å²) in [5.41, 5.74) is 16.3. The second-order valence-corrected chi connectivity index (χ2v) is 3.70. The minimum atomic E-state index is 0.706. The molecule has 0 spiro atoms. The first-order valence-corrected chi connectivity index (χ1v) is 5.21. The molecule has 0 atom stereocenters. The van der Waals surface area contributed by atoms with Crippen molar-refractivity contribution in [3.8, 4) is 0 Å². The van der Waals surface area contributed by atoms with E-state index in [4.69, 9.17) is 23.7 Å². The third kappa shape index (κ3) is 1.87. The Balaban J connectivity index is 3.34. The van der Waals surface area contributed by atoms with Crippen LogP contribution in [0.3, 0.4) is 0 Å². The van der Waals surface area contributed by atoms with E-state index in [9.17, 15) is 0 Å². The van der Waals surface area contributed by atoms with E-state index in [2.05, 4.69) is 13.0 Å². The molecule has 0 amide bonds. The molecule has 0 aromatic heterocycles. The summed E-state index contributed by atoms with van der Waals surface area (Å²) in [6.07, 6.45) is 2.05. The van der Waals surface area contributed by atoms with E-state index in [1.165, 1.54) is 0 Å². The summed E-state index contributed by atoms with van der Waals surface area (Å²) in [7, 11) is 0. The summed E-state index contributed by atoms with van der Waals surface area (Å²) in [6, 6.07) is 2.05. The summed E-state index contributed by atoms with van der Waals surface area (Å²) in [5, 5.41) is 1.57. The standard InChI is InChI=1S/C11H16N2S/c1-3-4-8-5-7(2)10(12)9(6-14)11(8)13/h5-6H,3-4,12-13H2,1-2H3. The highest BCUT2D eigenvalue weighted by Gasteiger charge is 2.09. The molecule has 0 aliphatic heterocycles. The number of rotatable bonds is 3. The van der Waals surface area contributed by atoms with Crippen molar-refractivity contribution >= 4 is 29.0 Å². The number of benzene rings is 1. The van der Waals surface area contributed by atoms with Crippen LogP contribution in [0.4, 0.5) is 11.4 Å². The number of hydrogen-bond donors (Lipinski definition) is 2. The molecule has 1 aromatic carbocycles. The van der Waals surface area contributed by atoms with Crippen LogP contribution in [0, 0.1) is 6.92 Å². The van der Waals surface area contributed by atoms with E-state index < -0.39 is 0 Å². The van der Waals surface area contributed by atoms with Crippen LogP contribution in [-0.2, 0) is 6.42 Å². The Morgan fingerprint density at radius 1 is 1.36 bits per heavy atom. The Labute approximate surface area is 90.3 Å². The Morgan fingerprint density at radius 2 is 2.00 bits per heavy atom. The molecule has 4 N–H and O–H groups in total. The molecule has 1 aromatic rings. The topological polar surface area (TPSA) is 52.0 Å². The average molecular weight is 208 g/mol. The number of anilines is 2. The van der Waals surface area contributed by atoms with Gasteiger partial charge in [-0.1, -0.05) is 31.6 Å². The van der Waals surface area contributed by atoms with E-state index >= 15 is 0 Å². The Kier molecular flexibility index (Phi) is 3.47. The zero-order valence-electron chi connectivity index (χ0n) is 8.63. The van der Waals surface area contributed by atoms with Crippen molar-refractivity contribution in [2.75, 3.05) is 11.5 Å². The molecular formula is C11H16N2S. The van der Waals surface area contributed by atoms with Crippen LogP contribution < -0.4 is 11.5 Å². The van der Waals surface area contributed by atoms with Gasteiger partial charge in [0.05, 0.1) is 0 Å². The predicted octanol–water partition coefficient (Wildman–Crippen LogP) is 2.46. The molecule has 14 heavy (non-hydrogen) atoms. The smallest absolute Gasteiger partial charge is 0.0449 e. The quantitative estimate of drug-likeness (QED) is 0.592. The minimum Gasteiger partial charge on any atom is -0.398 e. The van der Waals surface area contributed by atoms with E-state index in [0.29, 0.717) is 5.69 Å². The van der Waals surface area contributed by atoms with E-state index in [-0.39, 0.29) is 0 Å². The lowest BCUT2D eigenvalue weighted by atomic mass is 9.99. The fourth-order valence-electron chi connectivity index (χ4n) is 1.55. The molecular weight excluding hydrogens is 192 g/mol. The average Bonchev–Trinajstić information content (AvgIpc) is 2.16. The van der Waals surface area contributed by atoms with E-state index in [1.807, 2.05) is 6.92 Å². The molecule has 0 bridgehead atoms. The zero-order chi connectivity index (χ0) is 10.7. The third-order valence-corrected chi connectivity index (χ3v) is 2.61. The molecule has 0 aliphatic carbocycles. The second-order valence-electron chi connectivity index (χ2n) is 3.46. The number of hydrogen-bond acceptors (Lipinski definition) is 3. The van der Waals surface area contributed by atoms with Crippen LogP contribution >= 0.6 is 12.2 Å². The molecule has 0 unspecified atom stereocenters. The molecule has 76 valence electrons.